The first-order chi connectivity index (χ1) is 9.61. The summed E-state index contributed by atoms with van der Waals surface area (Å²) < 4.78 is 38.0. The summed E-state index contributed by atoms with van der Waals surface area (Å²) in [5.41, 5.74) is -0.426. The highest BCUT2D eigenvalue weighted by Gasteiger charge is 2.31. The van der Waals surface area contributed by atoms with Gasteiger partial charge in [-0.2, -0.15) is 13.2 Å². The fraction of sp³-hybridized carbons (Fsp3) is 0.625. The second-order valence-corrected chi connectivity index (χ2v) is 6.06. The fourth-order valence-electron chi connectivity index (χ4n) is 2.34. The van der Waals surface area contributed by atoms with Crippen LogP contribution in [0.2, 0.25) is 0 Å². The van der Waals surface area contributed by atoms with E-state index < -0.39 is 17.8 Å². The summed E-state index contributed by atoms with van der Waals surface area (Å²) >= 11 is 0. The highest BCUT2D eigenvalue weighted by atomic mass is 19.4. The lowest BCUT2D eigenvalue weighted by Gasteiger charge is -2.28. The van der Waals surface area contributed by atoms with E-state index in [2.05, 4.69) is 20.8 Å². The molecule has 0 bridgehead atoms. The Labute approximate surface area is 124 Å². The summed E-state index contributed by atoms with van der Waals surface area (Å²) in [5.74, 6) is 0.535. The van der Waals surface area contributed by atoms with Crippen molar-refractivity contribution in [3.05, 3.63) is 35.4 Å². The van der Waals surface area contributed by atoms with E-state index in [1.54, 1.807) is 0 Å². The molecule has 0 aliphatic rings. The number of aliphatic hydroxyl groups is 1. The molecule has 0 aromatic heterocycles. The van der Waals surface area contributed by atoms with Gasteiger partial charge in [-0.15, -0.1) is 0 Å². The minimum absolute atomic E-state index is 0.269. The molecule has 2 nitrogen and oxygen atoms in total. The summed E-state index contributed by atoms with van der Waals surface area (Å²) in [4.78, 5) is 1.98. The van der Waals surface area contributed by atoms with E-state index in [9.17, 15) is 18.3 Å². The quantitative estimate of drug-likeness (QED) is 0.855. The number of rotatable bonds is 6. The predicted molar refractivity (Wildman–Crippen MR) is 78.0 cm³/mol. The Morgan fingerprint density at radius 1 is 1.19 bits per heavy atom. The summed E-state index contributed by atoms with van der Waals surface area (Å²) in [6, 6.07) is 5.16. The predicted octanol–water partition coefficient (Wildman–Crippen LogP) is 4.11. The van der Waals surface area contributed by atoms with Crippen molar-refractivity contribution < 1.29 is 18.3 Å². The van der Waals surface area contributed by atoms with E-state index in [4.69, 9.17) is 0 Å². The molecule has 0 aliphatic heterocycles. The van der Waals surface area contributed by atoms with Gasteiger partial charge in [-0.3, -0.25) is 0 Å². The highest BCUT2D eigenvalue weighted by Crippen LogP contribution is 2.31. The van der Waals surface area contributed by atoms with Crippen LogP contribution in [0.3, 0.4) is 0 Å². The molecule has 0 fully saturated rings. The maximum absolute atomic E-state index is 12.7. The first-order valence-electron chi connectivity index (χ1n) is 7.16. The van der Waals surface area contributed by atoms with Gasteiger partial charge in [-0.05, 0) is 44.0 Å². The van der Waals surface area contributed by atoms with Crippen molar-refractivity contribution in [2.45, 2.75) is 45.5 Å². The van der Waals surface area contributed by atoms with Crippen molar-refractivity contribution in [2.75, 3.05) is 13.6 Å². The number of hydrogen-bond acceptors (Lipinski definition) is 2. The zero-order chi connectivity index (χ0) is 16.2. The van der Waals surface area contributed by atoms with E-state index in [1.165, 1.54) is 12.1 Å². The van der Waals surface area contributed by atoms with Crippen molar-refractivity contribution in [2.24, 2.45) is 5.92 Å². The van der Waals surface area contributed by atoms with Crippen molar-refractivity contribution in [3.63, 3.8) is 0 Å². The Kier molecular flexibility index (Phi) is 6.23. The van der Waals surface area contributed by atoms with Gasteiger partial charge in [-0.25, -0.2) is 0 Å². The second-order valence-electron chi connectivity index (χ2n) is 6.06. The molecular formula is C16H24F3NO. The van der Waals surface area contributed by atoms with Crippen LogP contribution in [0.1, 0.15) is 44.4 Å². The largest absolute Gasteiger partial charge is 0.416 e. The number of halogens is 3. The molecule has 1 rings (SSSR count). The van der Waals surface area contributed by atoms with Crippen LogP contribution >= 0.6 is 0 Å². The van der Waals surface area contributed by atoms with Gasteiger partial charge >= 0.3 is 6.18 Å². The van der Waals surface area contributed by atoms with Gasteiger partial charge in [0, 0.05) is 12.6 Å². The van der Waals surface area contributed by atoms with Gasteiger partial charge in [0.05, 0.1) is 11.7 Å². The van der Waals surface area contributed by atoms with Gasteiger partial charge in [0.1, 0.15) is 0 Å². The number of likely N-dealkylation sites (N-methyl/N-ethyl adjacent to an activating group) is 1. The third kappa shape index (κ3) is 5.67. The molecule has 2 atom stereocenters. The van der Waals surface area contributed by atoms with Crippen LogP contribution < -0.4 is 0 Å². The monoisotopic (exact) mass is 303 g/mol. The first-order valence-corrected chi connectivity index (χ1v) is 7.16. The number of benzene rings is 1. The van der Waals surface area contributed by atoms with Crippen LogP contribution in [0.25, 0.3) is 0 Å². The number of aliphatic hydroxyl groups excluding tert-OH is 1. The third-order valence-electron chi connectivity index (χ3n) is 3.62. The molecule has 2 unspecified atom stereocenters. The van der Waals surface area contributed by atoms with E-state index in [0.29, 0.717) is 18.0 Å². The van der Waals surface area contributed by atoms with E-state index in [1.807, 2.05) is 11.9 Å². The van der Waals surface area contributed by atoms with Crippen LogP contribution in [0, 0.1) is 5.92 Å². The van der Waals surface area contributed by atoms with Crippen molar-refractivity contribution in [1.82, 2.24) is 4.90 Å². The first kappa shape index (κ1) is 18.0. The summed E-state index contributed by atoms with van der Waals surface area (Å²) in [6.45, 7) is 6.61. The molecule has 0 heterocycles. The normalized spacial score (nSPS) is 15.5. The Morgan fingerprint density at radius 2 is 1.81 bits per heavy atom. The van der Waals surface area contributed by atoms with Crippen molar-refractivity contribution >= 4 is 0 Å². The smallest absolute Gasteiger partial charge is 0.387 e. The zero-order valence-corrected chi connectivity index (χ0v) is 13.0. The van der Waals surface area contributed by atoms with Crippen molar-refractivity contribution in [3.8, 4) is 0 Å². The SMILES string of the molecule is CC(C)CC(C)N(C)CC(O)c1cccc(C(F)(F)F)c1. The molecule has 1 aromatic rings. The molecule has 5 heteroatoms. The van der Waals surface area contributed by atoms with Gasteiger partial charge < -0.3 is 10.0 Å². The Morgan fingerprint density at radius 3 is 2.33 bits per heavy atom. The average molecular weight is 303 g/mol. The minimum Gasteiger partial charge on any atom is -0.387 e. The van der Waals surface area contributed by atoms with Crippen molar-refractivity contribution in [1.29, 1.82) is 0 Å². The number of hydrogen-bond donors (Lipinski definition) is 1. The summed E-state index contributed by atoms with van der Waals surface area (Å²) in [7, 11) is 1.88. The molecular weight excluding hydrogens is 279 g/mol. The standard InChI is InChI=1S/C16H24F3NO/c1-11(2)8-12(3)20(4)10-15(21)13-6-5-7-14(9-13)16(17,18)19/h5-7,9,11-12,15,21H,8,10H2,1-4H3. The average Bonchev–Trinajstić information content (AvgIpc) is 2.37. The number of nitrogens with zero attached hydrogens (tertiary/aromatic N) is 1. The van der Waals surface area contributed by atoms with Gasteiger partial charge in [0.25, 0.3) is 0 Å². The molecule has 120 valence electrons. The highest BCUT2D eigenvalue weighted by molar-refractivity contribution is 5.27. The molecule has 1 aromatic carbocycles. The minimum atomic E-state index is -4.38. The molecule has 0 amide bonds. The van der Waals surface area contributed by atoms with E-state index in [-0.39, 0.29) is 6.04 Å². The molecule has 0 saturated carbocycles. The van der Waals surface area contributed by atoms with Crippen LogP contribution in [-0.4, -0.2) is 29.6 Å². The van der Waals surface area contributed by atoms with Gasteiger partial charge in [-0.1, -0.05) is 26.0 Å². The summed E-state index contributed by atoms with van der Waals surface area (Å²) in [6.07, 6.45) is -4.33. The van der Waals surface area contributed by atoms with Crippen LogP contribution in [0.5, 0.6) is 0 Å². The van der Waals surface area contributed by atoms with Crippen LogP contribution in [0.15, 0.2) is 24.3 Å². The van der Waals surface area contributed by atoms with E-state index in [0.717, 1.165) is 18.6 Å². The molecule has 0 spiro atoms. The Hall–Kier alpha value is -1.07. The van der Waals surface area contributed by atoms with Crippen LogP contribution in [0.4, 0.5) is 13.2 Å². The Balaban J connectivity index is 2.73. The Bertz CT molecular complexity index is 445. The molecule has 21 heavy (non-hydrogen) atoms. The topological polar surface area (TPSA) is 23.5 Å². The molecule has 0 saturated heterocycles. The maximum atomic E-state index is 12.7. The van der Waals surface area contributed by atoms with Gasteiger partial charge in [0.15, 0.2) is 0 Å². The lowest BCUT2D eigenvalue weighted by Crippen LogP contribution is -2.33. The van der Waals surface area contributed by atoms with Gasteiger partial charge in [0.2, 0.25) is 0 Å². The lowest BCUT2D eigenvalue weighted by atomic mass is 10.0. The second kappa shape index (κ2) is 7.27. The molecule has 0 aliphatic carbocycles. The lowest BCUT2D eigenvalue weighted by molar-refractivity contribution is -0.137. The van der Waals surface area contributed by atoms with Crippen LogP contribution in [-0.2, 0) is 6.18 Å². The maximum Gasteiger partial charge on any atom is 0.416 e. The van der Waals surface area contributed by atoms with E-state index >= 15 is 0 Å². The third-order valence-corrected chi connectivity index (χ3v) is 3.62. The summed E-state index contributed by atoms with van der Waals surface area (Å²) in [5, 5.41) is 10.2. The fourth-order valence-corrected chi connectivity index (χ4v) is 2.34. The zero-order valence-electron chi connectivity index (χ0n) is 13.0. The molecule has 0 radical (unpaired) electrons. The number of alkyl halides is 3. The molecule has 1 N–H and O–H groups in total.